The van der Waals surface area contributed by atoms with Crippen LogP contribution in [0.2, 0.25) is 0 Å². The molecule has 1 unspecified atom stereocenters. The number of thiazole rings is 2. The van der Waals surface area contributed by atoms with Gasteiger partial charge in [-0.3, -0.25) is 4.79 Å². The zero-order valence-electron chi connectivity index (χ0n) is 12.3. The number of aromatic nitrogens is 2. The van der Waals surface area contributed by atoms with E-state index in [2.05, 4.69) is 9.97 Å². The van der Waals surface area contributed by atoms with Gasteiger partial charge < -0.3 is 10.6 Å². The molecule has 0 fully saturated rings. The average Bonchev–Trinajstić information content (AvgIpc) is 3.18. The van der Waals surface area contributed by atoms with Gasteiger partial charge >= 0.3 is 0 Å². The Kier molecular flexibility index (Phi) is 4.19. The highest BCUT2D eigenvalue weighted by Crippen LogP contribution is 2.29. The molecule has 0 aliphatic rings. The zero-order valence-corrected chi connectivity index (χ0v) is 13.9. The topological polar surface area (TPSA) is 72.1 Å². The summed E-state index contributed by atoms with van der Waals surface area (Å²) >= 11 is 3.02. The highest BCUT2D eigenvalue weighted by atomic mass is 32.1. The number of carbonyl (C=O) groups excluding carboxylic acids is 1. The van der Waals surface area contributed by atoms with Crippen LogP contribution in [0.3, 0.4) is 0 Å². The van der Waals surface area contributed by atoms with Gasteiger partial charge in [-0.05, 0) is 19.1 Å². The van der Waals surface area contributed by atoms with Crippen molar-refractivity contribution in [3.63, 3.8) is 0 Å². The third-order valence-corrected chi connectivity index (χ3v) is 5.59. The smallest absolute Gasteiger partial charge is 0.273 e. The summed E-state index contributed by atoms with van der Waals surface area (Å²) in [6.07, 6.45) is 0. The average molecular weight is 332 g/mol. The minimum absolute atomic E-state index is 0.104. The molecule has 0 spiro atoms. The first-order valence-corrected chi connectivity index (χ1v) is 8.57. The molecule has 2 aromatic heterocycles. The number of nitrogens with zero attached hydrogens (tertiary/aromatic N) is 3. The molecule has 2 N–H and O–H groups in total. The van der Waals surface area contributed by atoms with Crippen LogP contribution < -0.4 is 5.73 Å². The molecule has 2 heterocycles. The van der Waals surface area contributed by atoms with Crippen molar-refractivity contribution < 1.29 is 4.79 Å². The molecule has 5 nitrogen and oxygen atoms in total. The van der Waals surface area contributed by atoms with Gasteiger partial charge in [0.1, 0.15) is 15.7 Å². The Labute approximate surface area is 136 Å². The van der Waals surface area contributed by atoms with E-state index in [9.17, 15) is 4.79 Å². The number of hydrogen-bond acceptors (Lipinski definition) is 6. The maximum absolute atomic E-state index is 12.5. The number of carbonyl (C=O) groups is 1. The van der Waals surface area contributed by atoms with E-state index in [1.54, 1.807) is 28.7 Å². The van der Waals surface area contributed by atoms with Gasteiger partial charge in [-0.25, -0.2) is 9.97 Å². The second kappa shape index (κ2) is 6.12. The molecule has 3 rings (SSSR count). The molecule has 7 heteroatoms. The summed E-state index contributed by atoms with van der Waals surface area (Å²) in [6, 6.07) is 7.88. The number of hydrogen-bond donors (Lipinski definition) is 1. The molecule has 1 amide bonds. The number of nitrogens with two attached hydrogens (primary N) is 1. The van der Waals surface area contributed by atoms with Crippen molar-refractivity contribution in [2.45, 2.75) is 19.5 Å². The molecule has 114 valence electrons. The van der Waals surface area contributed by atoms with E-state index >= 15 is 0 Å². The second-order valence-electron chi connectivity index (χ2n) is 4.94. The van der Waals surface area contributed by atoms with Crippen molar-refractivity contribution in [2.75, 3.05) is 7.05 Å². The summed E-state index contributed by atoms with van der Waals surface area (Å²) in [4.78, 5) is 23.1. The normalized spacial score (nSPS) is 12.5. The molecule has 1 atom stereocenters. The van der Waals surface area contributed by atoms with Gasteiger partial charge in [-0.2, -0.15) is 0 Å². The molecule has 0 aliphatic heterocycles. The minimum atomic E-state index is -0.109. The molecule has 22 heavy (non-hydrogen) atoms. The van der Waals surface area contributed by atoms with Crippen molar-refractivity contribution in [3.8, 4) is 0 Å². The molecule has 3 aromatic rings. The van der Waals surface area contributed by atoms with Crippen molar-refractivity contribution >= 4 is 38.8 Å². The Bertz CT molecular complexity index is 778. The fraction of sp³-hybridized carbons (Fsp3) is 0.267. The minimum Gasteiger partial charge on any atom is -0.331 e. The van der Waals surface area contributed by atoms with E-state index in [1.807, 2.05) is 31.2 Å². The van der Waals surface area contributed by atoms with Gasteiger partial charge in [0, 0.05) is 19.0 Å². The van der Waals surface area contributed by atoms with Crippen molar-refractivity contribution in [3.05, 3.63) is 45.4 Å². The van der Waals surface area contributed by atoms with Gasteiger partial charge in [0.25, 0.3) is 5.91 Å². The van der Waals surface area contributed by atoms with Gasteiger partial charge in [0.15, 0.2) is 0 Å². The summed E-state index contributed by atoms with van der Waals surface area (Å²) in [5.74, 6) is -0.109. The van der Waals surface area contributed by atoms with E-state index in [1.165, 1.54) is 11.3 Å². The maximum Gasteiger partial charge on any atom is 0.273 e. The first kappa shape index (κ1) is 15.1. The lowest BCUT2D eigenvalue weighted by Gasteiger charge is -2.22. The van der Waals surface area contributed by atoms with Crippen LogP contribution in [0.1, 0.15) is 33.5 Å². The molecule has 1 aromatic carbocycles. The molecular weight excluding hydrogens is 316 g/mol. The third kappa shape index (κ3) is 2.75. The van der Waals surface area contributed by atoms with E-state index in [0.29, 0.717) is 12.2 Å². The van der Waals surface area contributed by atoms with Crippen LogP contribution in [-0.2, 0) is 6.54 Å². The highest BCUT2D eigenvalue weighted by Gasteiger charge is 2.23. The first-order chi connectivity index (χ1) is 10.6. The largest absolute Gasteiger partial charge is 0.331 e. The highest BCUT2D eigenvalue weighted by molar-refractivity contribution is 7.18. The molecular formula is C15H16N4OS2. The predicted molar refractivity (Wildman–Crippen MR) is 90.1 cm³/mol. The van der Waals surface area contributed by atoms with Crippen LogP contribution in [0.15, 0.2) is 29.6 Å². The third-order valence-electron chi connectivity index (χ3n) is 3.51. The Morgan fingerprint density at radius 1 is 1.36 bits per heavy atom. The van der Waals surface area contributed by atoms with E-state index in [-0.39, 0.29) is 11.9 Å². The van der Waals surface area contributed by atoms with Crippen LogP contribution >= 0.6 is 22.7 Å². The molecule has 0 aliphatic carbocycles. The number of amides is 1. The lowest BCUT2D eigenvalue weighted by Crippen LogP contribution is -2.29. The predicted octanol–water partition coefficient (Wildman–Crippen LogP) is 3.04. The monoisotopic (exact) mass is 332 g/mol. The summed E-state index contributed by atoms with van der Waals surface area (Å²) < 4.78 is 1.13. The number of fused-ring (bicyclic) bond motifs is 1. The van der Waals surface area contributed by atoms with E-state index < -0.39 is 0 Å². The van der Waals surface area contributed by atoms with Crippen molar-refractivity contribution in [1.29, 1.82) is 0 Å². The van der Waals surface area contributed by atoms with Crippen molar-refractivity contribution in [2.24, 2.45) is 5.73 Å². The van der Waals surface area contributed by atoms with Gasteiger partial charge in [0.2, 0.25) is 0 Å². The lowest BCUT2D eigenvalue weighted by molar-refractivity contribution is 0.0737. The Balaban J connectivity index is 1.83. The molecule has 0 saturated carbocycles. The standard InChI is InChI=1S/C15H16N4OS2/c1-9(14-18-10-5-3-4-6-12(10)22-14)19(2)15(20)11-8-21-13(7-16)17-11/h3-6,8-9H,7,16H2,1-2H3. The number of benzene rings is 1. The van der Waals surface area contributed by atoms with Gasteiger partial charge in [-0.1, -0.05) is 12.1 Å². The van der Waals surface area contributed by atoms with E-state index in [4.69, 9.17) is 5.73 Å². The van der Waals surface area contributed by atoms with Crippen LogP contribution in [0.4, 0.5) is 0 Å². The summed E-state index contributed by atoms with van der Waals surface area (Å²) in [7, 11) is 1.78. The fourth-order valence-corrected chi connectivity index (χ4v) is 3.81. The fourth-order valence-electron chi connectivity index (χ4n) is 2.09. The first-order valence-electron chi connectivity index (χ1n) is 6.87. The van der Waals surface area contributed by atoms with Gasteiger partial charge in [0.05, 0.1) is 16.3 Å². The summed E-state index contributed by atoms with van der Waals surface area (Å²) in [5, 5.41) is 3.45. The summed E-state index contributed by atoms with van der Waals surface area (Å²) in [5.41, 5.74) is 6.96. The second-order valence-corrected chi connectivity index (χ2v) is 6.95. The number of rotatable bonds is 4. The van der Waals surface area contributed by atoms with Gasteiger partial charge in [-0.15, -0.1) is 22.7 Å². The van der Waals surface area contributed by atoms with Crippen LogP contribution in [0.5, 0.6) is 0 Å². The Morgan fingerprint density at radius 3 is 2.82 bits per heavy atom. The Hall–Kier alpha value is -1.83. The van der Waals surface area contributed by atoms with Crippen LogP contribution in [-0.4, -0.2) is 27.8 Å². The quantitative estimate of drug-likeness (QED) is 0.797. The van der Waals surface area contributed by atoms with E-state index in [0.717, 1.165) is 20.2 Å². The SMILES string of the molecule is CC(c1nc2ccccc2s1)N(C)C(=O)c1csc(CN)n1. The Morgan fingerprint density at radius 2 is 2.14 bits per heavy atom. The number of para-hydroxylation sites is 1. The molecule has 0 bridgehead atoms. The van der Waals surface area contributed by atoms with Crippen LogP contribution in [0, 0.1) is 0 Å². The zero-order chi connectivity index (χ0) is 15.7. The molecule has 0 saturated heterocycles. The lowest BCUT2D eigenvalue weighted by atomic mass is 10.3. The van der Waals surface area contributed by atoms with Crippen molar-refractivity contribution in [1.82, 2.24) is 14.9 Å². The van der Waals surface area contributed by atoms with Crippen LogP contribution in [0.25, 0.3) is 10.2 Å². The molecule has 0 radical (unpaired) electrons. The maximum atomic E-state index is 12.5. The summed E-state index contributed by atoms with van der Waals surface area (Å²) in [6.45, 7) is 2.33.